The summed E-state index contributed by atoms with van der Waals surface area (Å²) in [6, 6.07) is 10.5. The molecule has 1 aromatic carbocycles. The number of anilines is 1. The summed E-state index contributed by atoms with van der Waals surface area (Å²) in [6.07, 6.45) is 5.49. The number of pyridine rings is 1. The number of aromatic nitrogens is 1. The highest BCUT2D eigenvalue weighted by atomic mass is 16.4. The normalized spacial score (nSPS) is 21.8. The summed E-state index contributed by atoms with van der Waals surface area (Å²) < 4.78 is 0. The number of carboxylic acids is 1. The number of hydrogen-bond donors (Lipinski definition) is 1. The van der Waals surface area contributed by atoms with E-state index >= 15 is 0 Å². The molecular weight excluding hydrogens is 326 g/mol. The molecule has 2 aromatic rings. The van der Waals surface area contributed by atoms with Crippen LogP contribution in [0.5, 0.6) is 0 Å². The van der Waals surface area contributed by atoms with Gasteiger partial charge in [-0.25, -0.2) is 4.98 Å². The number of aliphatic carboxylic acids is 1. The van der Waals surface area contributed by atoms with Gasteiger partial charge < -0.3 is 10.0 Å². The molecule has 1 N–H and O–H groups in total. The Hall–Kier alpha value is -2.14. The van der Waals surface area contributed by atoms with Crippen LogP contribution in [0.3, 0.4) is 0 Å². The van der Waals surface area contributed by atoms with Gasteiger partial charge in [-0.05, 0) is 50.8 Å². The lowest BCUT2D eigenvalue weighted by Crippen LogP contribution is -2.39. The summed E-state index contributed by atoms with van der Waals surface area (Å²) in [5.74, 6) is 0.194. The van der Waals surface area contributed by atoms with Crippen molar-refractivity contribution < 1.29 is 9.90 Å². The average molecular weight is 353 g/mol. The molecule has 0 spiro atoms. The largest absolute Gasteiger partial charge is 0.481 e. The minimum Gasteiger partial charge on any atom is -0.481 e. The number of nitrogens with zero attached hydrogens (tertiary/aromatic N) is 3. The molecule has 0 amide bonds. The van der Waals surface area contributed by atoms with E-state index in [2.05, 4.69) is 34.1 Å². The summed E-state index contributed by atoms with van der Waals surface area (Å²) >= 11 is 0. The van der Waals surface area contributed by atoms with E-state index in [-0.39, 0.29) is 5.92 Å². The van der Waals surface area contributed by atoms with Crippen molar-refractivity contribution in [3.8, 4) is 0 Å². The Morgan fingerprint density at radius 2 is 1.92 bits per heavy atom. The Balaban J connectivity index is 1.64. The minimum atomic E-state index is -0.664. The van der Waals surface area contributed by atoms with Gasteiger partial charge in [0.1, 0.15) is 5.82 Å². The van der Waals surface area contributed by atoms with Crippen molar-refractivity contribution in [3.63, 3.8) is 0 Å². The van der Waals surface area contributed by atoms with E-state index in [0.717, 1.165) is 55.7 Å². The first kappa shape index (κ1) is 17.3. The Morgan fingerprint density at radius 1 is 1.12 bits per heavy atom. The first-order valence-electron chi connectivity index (χ1n) is 9.79. The van der Waals surface area contributed by atoms with Crippen LogP contribution in [0.1, 0.15) is 37.7 Å². The first-order valence-corrected chi connectivity index (χ1v) is 9.79. The molecule has 0 bridgehead atoms. The smallest absolute Gasteiger partial charge is 0.307 e. The summed E-state index contributed by atoms with van der Waals surface area (Å²) in [4.78, 5) is 21.1. The van der Waals surface area contributed by atoms with Crippen LogP contribution in [0.2, 0.25) is 0 Å². The van der Waals surface area contributed by atoms with Gasteiger partial charge in [-0.2, -0.15) is 0 Å². The van der Waals surface area contributed by atoms with Crippen molar-refractivity contribution in [1.82, 2.24) is 9.88 Å². The lowest BCUT2D eigenvalue weighted by Gasteiger charge is -2.33. The number of carbonyl (C=O) groups is 1. The van der Waals surface area contributed by atoms with E-state index in [1.165, 1.54) is 24.8 Å². The number of para-hydroxylation sites is 1. The number of hydrogen-bond acceptors (Lipinski definition) is 4. The van der Waals surface area contributed by atoms with Crippen molar-refractivity contribution in [1.29, 1.82) is 0 Å². The zero-order chi connectivity index (χ0) is 17.9. The molecule has 26 heavy (non-hydrogen) atoms. The van der Waals surface area contributed by atoms with Gasteiger partial charge >= 0.3 is 5.97 Å². The van der Waals surface area contributed by atoms with Crippen molar-refractivity contribution in [2.24, 2.45) is 5.92 Å². The van der Waals surface area contributed by atoms with Crippen LogP contribution in [0.4, 0.5) is 5.82 Å². The lowest BCUT2D eigenvalue weighted by atomic mass is 9.97. The van der Waals surface area contributed by atoms with Crippen LogP contribution in [-0.2, 0) is 11.3 Å². The molecule has 2 saturated heterocycles. The summed E-state index contributed by atoms with van der Waals surface area (Å²) in [7, 11) is 0. The number of likely N-dealkylation sites (tertiary alicyclic amines) is 1. The Bertz CT molecular complexity index is 786. The molecule has 4 rings (SSSR count). The lowest BCUT2D eigenvalue weighted by molar-refractivity contribution is -0.143. The molecule has 0 saturated carbocycles. The third-order valence-corrected chi connectivity index (χ3v) is 5.68. The van der Waals surface area contributed by atoms with Gasteiger partial charge in [-0.3, -0.25) is 9.69 Å². The summed E-state index contributed by atoms with van der Waals surface area (Å²) in [5, 5.41) is 10.5. The van der Waals surface area contributed by atoms with E-state index in [1.54, 1.807) is 0 Å². The van der Waals surface area contributed by atoms with E-state index in [1.807, 2.05) is 6.07 Å². The van der Waals surface area contributed by atoms with Crippen LogP contribution in [-0.4, -0.2) is 47.1 Å². The molecule has 0 aliphatic carbocycles. The molecule has 5 nitrogen and oxygen atoms in total. The van der Waals surface area contributed by atoms with Gasteiger partial charge in [0, 0.05) is 37.1 Å². The highest BCUT2D eigenvalue weighted by Crippen LogP contribution is 2.28. The fraction of sp³-hybridized carbons (Fsp3) is 0.524. The standard InChI is InChI=1S/C21H27N3O2/c25-21(26)17-8-6-10-23(14-17)15-18-13-16-7-2-3-9-19(16)22-20(18)24-11-4-1-5-12-24/h2-3,7,9,13,17H,1,4-6,8,10-12,14-15H2,(H,25,26). The van der Waals surface area contributed by atoms with Gasteiger partial charge in [0.05, 0.1) is 11.4 Å². The van der Waals surface area contributed by atoms with Crippen LogP contribution in [0.15, 0.2) is 30.3 Å². The number of piperidine rings is 2. The van der Waals surface area contributed by atoms with E-state index < -0.39 is 5.97 Å². The Labute approximate surface area is 154 Å². The molecule has 1 unspecified atom stereocenters. The summed E-state index contributed by atoms with van der Waals surface area (Å²) in [6.45, 7) is 4.53. The molecule has 2 aliphatic rings. The second kappa shape index (κ2) is 7.62. The minimum absolute atomic E-state index is 0.240. The highest BCUT2D eigenvalue weighted by molar-refractivity contribution is 5.82. The third-order valence-electron chi connectivity index (χ3n) is 5.68. The molecule has 1 atom stereocenters. The first-order chi connectivity index (χ1) is 12.7. The van der Waals surface area contributed by atoms with Crippen LogP contribution >= 0.6 is 0 Å². The second-order valence-corrected chi connectivity index (χ2v) is 7.62. The maximum atomic E-state index is 11.4. The SMILES string of the molecule is O=C(O)C1CCCN(Cc2cc3ccccc3nc2N2CCCCC2)C1. The molecule has 5 heteroatoms. The number of benzene rings is 1. The topological polar surface area (TPSA) is 56.7 Å². The Kier molecular flexibility index (Phi) is 5.07. The predicted molar refractivity (Wildman–Crippen MR) is 103 cm³/mol. The Morgan fingerprint density at radius 3 is 2.73 bits per heavy atom. The number of rotatable bonds is 4. The zero-order valence-corrected chi connectivity index (χ0v) is 15.2. The van der Waals surface area contributed by atoms with Crippen molar-refractivity contribution >= 4 is 22.7 Å². The average Bonchev–Trinajstić information content (AvgIpc) is 2.68. The van der Waals surface area contributed by atoms with Crippen molar-refractivity contribution in [2.75, 3.05) is 31.1 Å². The fourth-order valence-corrected chi connectivity index (χ4v) is 4.29. The van der Waals surface area contributed by atoms with Gasteiger partial charge in [-0.15, -0.1) is 0 Å². The predicted octanol–water partition coefficient (Wildman–Crippen LogP) is 3.52. The van der Waals surface area contributed by atoms with E-state index in [4.69, 9.17) is 4.98 Å². The number of fused-ring (bicyclic) bond motifs is 1. The monoisotopic (exact) mass is 353 g/mol. The second-order valence-electron chi connectivity index (χ2n) is 7.62. The molecular formula is C21H27N3O2. The van der Waals surface area contributed by atoms with Gasteiger partial charge in [0.25, 0.3) is 0 Å². The number of carboxylic acid groups (broad SMARTS) is 1. The summed E-state index contributed by atoms with van der Waals surface area (Å²) in [5.41, 5.74) is 2.27. The third kappa shape index (κ3) is 3.68. The van der Waals surface area contributed by atoms with Gasteiger partial charge in [0.15, 0.2) is 0 Å². The molecule has 1 aromatic heterocycles. The van der Waals surface area contributed by atoms with Crippen LogP contribution < -0.4 is 4.90 Å². The quantitative estimate of drug-likeness (QED) is 0.911. The molecule has 2 fully saturated rings. The maximum Gasteiger partial charge on any atom is 0.307 e. The molecule has 138 valence electrons. The van der Waals surface area contributed by atoms with Gasteiger partial charge in [-0.1, -0.05) is 18.2 Å². The van der Waals surface area contributed by atoms with E-state index in [0.29, 0.717) is 6.54 Å². The van der Waals surface area contributed by atoms with Crippen molar-refractivity contribution in [2.45, 2.75) is 38.6 Å². The van der Waals surface area contributed by atoms with Crippen molar-refractivity contribution in [3.05, 3.63) is 35.9 Å². The molecule has 3 heterocycles. The zero-order valence-electron chi connectivity index (χ0n) is 15.2. The van der Waals surface area contributed by atoms with E-state index in [9.17, 15) is 9.90 Å². The fourth-order valence-electron chi connectivity index (χ4n) is 4.29. The van der Waals surface area contributed by atoms with Crippen LogP contribution in [0.25, 0.3) is 10.9 Å². The highest BCUT2D eigenvalue weighted by Gasteiger charge is 2.26. The molecule has 2 aliphatic heterocycles. The maximum absolute atomic E-state index is 11.4. The molecule has 0 radical (unpaired) electrons. The van der Waals surface area contributed by atoms with Crippen LogP contribution in [0, 0.1) is 5.92 Å². The van der Waals surface area contributed by atoms with Gasteiger partial charge in [0.2, 0.25) is 0 Å².